The van der Waals surface area contributed by atoms with Crippen LogP contribution in [0.15, 0.2) is 12.1 Å². The summed E-state index contributed by atoms with van der Waals surface area (Å²) in [6.07, 6.45) is 4.26. The number of nitrogens with one attached hydrogen (secondary N) is 2. The highest BCUT2D eigenvalue weighted by Gasteiger charge is 2.11. The van der Waals surface area contributed by atoms with Crippen LogP contribution in [0.1, 0.15) is 48.7 Å². The summed E-state index contributed by atoms with van der Waals surface area (Å²) in [6.45, 7) is 4.88. The van der Waals surface area contributed by atoms with E-state index in [1.165, 1.54) is 0 Å². The fourth-order valence-corrected chi connectivity index (χ4v) is 2.28. The third-order valence-corrected chi connectivity index (χ3v) is 3.71. The lowest BCUT2D eigenvalue weighted by molar-refractivity contribution is 0.0953. The van der Waals surface area contributed by atoms with Crippen LogP contribution in [0.3, 0.4) is 0 Å². The number of anilines is 1. The van der Waals surface area contributed by atoms with Gasteiger partial charge >= 0.3 is 0 Å². The van der Waals surface area contributed by atoms with Crippen molar-refractivity contribution in [3.05, 3.63) is 23.4 Å². The summed E-state index contributed by atoms with van der Waals surface area (Å²) >= 11 is 1.84. The van der Waals surface area contributed by atoms with Crippen LogP contribution in [0.5, 0.6) is 0 Å². The molecule has 1 aromatic rings. The molecule has 0 spiro atoms. The van der Waals surface area contributed by atoms with Crippen molar-refractivity contribution in [2.75, 3.05) is 30.9 Å². The molecule has 0 radical (unpaired) electrons. The van der Waals surface area contributed by atoms with Crippen molar-refractivity contribution in [2.24, 2.45) is 0 Å². The van der Waals surface area contributed by atoms with E-state index in [0.29, 0.717) is 11.5 Å². The maximum absolute atomic E-state index is 12.1. The lowest BCUT2D eigenvalue weighted by Crippen LogP contribution is -2.25. The van der Waals surface area contributed by atoms with Gasteiger partial charge in [-0.1, -0.05) is 13.8 Å². The van der Waals surface area contributed by atoms with Gasteiger partial charge in [0.15, 0.2) is 0 Å². The highest BCUT2D eigenvalue weighted by molar-refractivity contribution is 7.98. The van der Waals surface area contributed by atoms with E-state index in [4.69, 9.17) is 0 Å². The van der Waals surface area contributed by atoms with Crippen molar-refractivity contribution in [1.82, 2.24) is 10.3 Å². The van der Waals surface area contributed by atoms with Gasteiger partial charge in [0.25, 0.3) is 5.91 Å². The number of unbranched alkanes of at least 4 members (excludes halogenated alkanes) is 1. The predicted molar refractivity (Wildman–Crippen MR) is 87.8 cm³/mol. The molecule has 5 heteroatoms. The van der Waals surface area contributed by atoms with Crippen LogP contribution in [0, 0.1) is 0 Å². The Balaban J connectivity index is 2.64. The zero-order chi connectivity index (χ0) is 15.0. The number of thioether (sulfide) groups is 1. The molecule has 0 saturated carbocycles. The predicted octanol–water partition coefficient (Wildman–Crippen LogP) is 3.12. The molecule has 0 aliphatic rings. The van der Waals surface area contributed by atoms with Crippen LogP contribution in [0.2, 0.25) is 0 Å². The minimum absolute atomic E-state index is 0.0186. The fraction of sp³-hybridized carbons (Fsp3) is 0.600. The van der Waals surface area contributed by atoms with Crippen LogP contribution in [-0.4, -0.2) is 36.5 Å². The van der Waals surface area contributed by atoms with Gasteiger partial charge in [-0.3, -0.25) is 4.79 Å². The summed E-state index contributed by atoms with van der Waals surface area (Å²) < 4.78 is 0. The number of carbonyl (C=O) groups excluding carboxylic acids is 1. The van der Waals surface area contributed by atoms with E-state index in [9.17, 15) is 4.79 Å². The van der Waals surface area contributed by atoms with Gasteiger partial charge in [0.1, 0.15) is 5.82 Å². The largest absolute Gasteiger partial charge is 0.373 e. The molecule has 0 unspecified atom stereocenters. The third-order valence-electron chi connectivity index (χ3n) is 3.02. The van der Waals surface area contributed by atoms with Crippen molar-refractivity contribution >= 4 is 23.5 Å². The Labute approximate surface area is 126 Å². The average molecular weight is 295 g/mol. The maximum Gasteiger partial charge on any atom is 0.251 e. The number of hydrogen-bond donors (Lipinski definition) is 2. The number of rotatable bonds is 8. The Kier molecular flexibility index (Phi) is 7.44. The van der Waals surface area contributed by atoms with Crippen LogP contribution in [0.4, 0.5) is 5.82 Å². The van der Waals surface area contributed by atoms with Gasteiger partial charge in [-0.2, -0.15) is 11.8 Å². The Morgan fingerprint density at radius 2 is 2.10 bits per heavy atom. The lowest BCUT2D eigenvalue weighted by atomic mass is 10.1. The third kappa shape index (κ3) is 5.41. The molecule has 1 aromatic heterocycles. The molecule has 2 N–H and O–H groups in total. The number of carbonyl (C=O) groups is 1. The second-order valence-corrected chi connectivity index (χ2v) is 6.01. The standard InChI is InChI=1S/C15H25N3OS/c1-11(2)13-9-12(10-14(16-3)18-13)15(19)17-7-5-6-8-20-4/h9-11H,5-8H2,1-4H3,(H,16,18)(H,17,19). The average Bonchev–Trinajstić information content (AvgIpc) is 2.46. The van der Waals surface area contributed by atoms with Gasteiger partial charge in [-0.05, 0) is 42.9 Å². The molecule has 0 aromatic carbocycles. The Morgan fingerprint density at radius 1 is 1.35 bits per heavy atom. The SMILES string of the molecule is CNc1cc(C(=O)NCCCCSC)cc(C(C)C)n1. The minimum atomic E-state index is -0.0186. The van der Waals surface area contributed by atoms with Crippen LogP contribution in [-0.2, 0) is 0 Å². The number of amides is 1. The second-order valence-electron chi connectivity index (χ2n) is 5.03. The zero-order valence-electron chi connectivity index (χ0n) is 12.8. The molecule has 0 saturated heterocycles. The Hall–Kier alpha value is -1.23. The van der Waals surface area contributed by atoms with E-state index in [2.05, 4.69) is 35.7 Å². The van der Waals surface area contributed by atoms with Crippen molar-refractivity contribution in [2.45, 2.75) is 32.6 Å². The normalized spacial score (nSPS) is 10.7. The molecule has 112 valence electrons. The molecule has 1 rings (SSSR count). The molecule has 0 fully saturated rings. The molecule has 1 heterocycles. The first-order valence-corrected chi connectivity index (χ1v) is 8.44. The molecule has 0 atom stereocenters. The number of aromatic nitrogens is 1. The molecule has 1 amide bonds. The molecule has 0 aliphatic carbocycles. The van der Waals surface area contributed by atoms with Crippen molar-refractivity contribution < 1.29 is 4.79 Å². The van der Waals surface area contributed by atoms with Gasteiger partial charge < -0.3 is 10.6 Å². The first-order valence-electron chi connectivity index (χ1n) is 7.05. The summed E-state index contributed by atoms with van der Waals surface area (Å²) in [7, 11) is 1.82. The van der Waals surface area contributed by atoms with Gasteiger partial charge in [-0.25, -0.2) is 4.98 Å². The van der Waals surface area contributed by atoms with Crippen LogP contribution < -0.4 is 10.6 Å². The lowest BCUT2D eigenvalue weighted by Gasteiger charge is -2.11. The van der Waals surface area contributed by atoms with Gasteiger partial charge in [0.2, 0.25) is 0 Å². The minimum Gasteiger partial charge on any atom is -0.373 e. The molecule has 20 heavy (non-hydrogen) atoms. The number of nitrogens with zero attached hydrogens (tertiary/aromatic N) is 1. The van der Waals surface area contributed by atoms with E-state index in [-0.39, 0.29) is 5.91 Å². The quantitative estimate of drug-likeness (QED) is 0.724. The Bertz CT molecular complexity index is 435. The molecule has 0 aliphatic heterocycles. The smallest absolute Gasteiger partial charge is 0.251 e. The fourth-order valence-electron chi connectivity index (χ4n) is 1.78. The van der Waals surface area contributed by atoms with E-state index < -0.39 is 0 Å². The summed E-state index contributed by atoms with van der Waals surface area (Å²) in [5.41, 5.74) is 1.61. The second kappa shape index (κ2) is 8.84. The van der Waals surface area contributed by atoms with Crippen molar-refractivity contribution in [3.8, 4) is 0 Å². The molecular formula is C15H25N3OS. The maximum atomic E-state index is 12.1. The first kappa shape index (κ1) is 16.8. The van der Waals surface area contributed by atoms with Gasteiger partial charge in [0.05, 0.1) is 0 Å². The van der Waals surface area contributed by atoms with Crippen molar-refractivity contribution in [1.29, 1.82) is 0 Å². The van der Waals surface area contributed by atoms with Gasteiger partial charge in [0, 0.05) is 24.8 Å². The first-order chi connectivity index (χ1) is 9.58. The highest BCUT2D eigenvalue weighted by atomic mass is 32.2. The summed E-state index contributed by atoms with van der Waals surface area (Å²) in [4.78, 5) is 16.6. The highest BCUT2D eigenvalue weighted by Crippen LogP contribution is 2.17. The number of hydrogen-bond acceptors (Lipinski definition) is 4. The van der Waals surface area contributed by atoms with Crippen LogP contribution in [0.25, 0.3) is 0 Å². The summed E-state index contributed by atoms with van der Waals surface area (Å²) in [5, 5.41) is 5.98. The summed E-state index contributed by atoms with van der Waals surface area (Å²) in [6, 6.07) is 3.67. The monoisotopic (exact) mass is 295 g/mol. The molecular weight excluding hydrogens is 270 g/mol. The van der Waals surface area contributed by atoms with E-state index in [1.54, 1.807) is 6.07 Å². The topological polar surface area (TPSA) is 54.0 Å². The Morgan fingerprint density at radius 3 is 2.70 bits per heavy atom. The molecule has 0 bridgehead atoms. The van der Waals surface area contributed by atoms with E-state index >= 15 is 0 Å². The van der Waals surface area contributed by atoms with Gasteiger partial charge in [-0.15, -0.1) is 0 Å². The zero-order valence-corrected chi connectivity index (χ0v) is 13.6. The number of pyridine rings is 1. The summed E-state index contributed by atoms with van der Waals surface area (Å²) in [5.74, 6) is 2.17. The van der Waals surface area contributed by atoms with Crippen LogP contribution >= 0.6 is 11.8 Å². The molecule has 4 nitrogen and oxygen atoms in total. The van der Waals surface area contributed by atoms with E-state index in [1.807, 2.05) is 24.9 Å². The van der Waals surface area contributed by atoms with Crippen molar-refractivity contribution in [3.63, 3.8) is 0 Å². The van der Waals surface area contributed by atoms with E-state index in [0.717, 1.165) is 36.7 Å².